The summed E-state index contributed by atoms with van der Waals surface area (Å²) in [6.45, 7) is 11.2. The van der Waals surface area contributed by atoms with E-state index >= 15 is 0 Å². The maximum Gasteiger partial charge on any atom is 0.410 e. The minimum atomic E-state index is -0.533. The van der Waals surface area contributed by atoms with Gasteiger partial charge in [0.15, 0.2) is 0 Å². The van der Waals surface area contributed by atoms with Gasteiger partial charge in [-0.05, 0) is 70.2 Å². The van der Waals surface area contributed by atoms with Crippen LogP contribution in [0, 0.1) is 13.8 Å². The van der Waals surface area contributed by atoms with Crippen molar-refractivity contribution in [3.63, 3.8) is 0 Å². The maximum atomic E-state index is 13.4. The number of rotatable bonds is 5. The van der Waals surface area contributed by atoms with Crippen molar-refractivity contribution in [1.82, 2.24) is 25.0 Å². The van der Waals surface area contributed by atoms with Gasteiger partial charge >= 0.3 is 6.09 Å². The van der Waals surface area contributed by atoms with Gasteiger partial charge in [-0.25, -0.2) is 9.48 Å². The van der Waals surface area contributed by atoms with Crippen molar-refractivity contribution < 1.29 is 14.3 Å². The molecule has 0 radical (unpaired) electrons. The summed E-state index contributed by atoms with van der Waals surface area (Å²) in [7, 11) is 0. The second-order valence-corrected chi connectivity index (χ2v) is 10.4. The van der Waals surface area contributed by atoms with Crippen molar-refractivity contribution in [3.8, 4) is 5.69 Å². The zero-order chi connectivity index (χ0) is 25.9. The molecule has 8 heteroatoms. The summed E-state index contributed by atoms with van der Waals surface area (Å²) in [5.41, 5.74) is 5.03. The lowest BCUT2D eigenvalue weighted by Crippen LogP contribution is -2.41. The Hall–Kier alpha value is -3.68. The second-order valence-electron chi connectivity index (χ2n) is 10.4. The first-order chi connectivity index (χ1) is 17.1. The van der Waals surface area contributed by atoms with Gasteiger partial charge in [-0.3, -0.25) is 9.78 Å². The third kappa shape index (κ3) is 5.75. The Morgan fingerprint density at radius 1 is 1.06 bits per heavy atom. The average molecular weight is 490 g/mol. The largest absolute Gasteiger partial charge is 0.444 e. The number of hydrogen-bond donors (Lipinski definition) is 1. The molecule has 2 amide bonds. The standard InChI is InChI=1S/C28H35N5O3/c1-19-8-6-9-20(2)24(19)33-25(22-11-14-32(15-12-22)27(35)36-28(3,4)5)23(18-31-33)26(34)30-17-21-10-7-13-29-16-21/h6-10,13,16,18,22H,11-12,14-15,17H2,1-5H3,(H,30,34). The van der Waals surface area contributed by atoms with Crippen LogP contribution < -0.4 is 5.32 Å². The van der Waals surface area contributed by atoms with E-state index in [1.807, 2.05) is 43.7 Å². The molecule has 1 fully saturated rings. The quantitative estimate of drug-likeness (QED) is 0.549. The van der Waals surface area contributed by atoms with Gasteiger partial charge in [0.05, 0.1) is 23.1 Å². The molecule has 3 aromatic rings. The van der Waals surface area contributed by atoms with Crippen LogP contribution in [0.25, 0.3) is 5.69 Å². The number of amides is 2. The number of ether oxygens (including phenoxy) is 1. The highest BCUT2D eigenvalue weighted by atomic mass is 16.6. The van der Waals surface area contributed by atoms with Crippen molar-refractivity contribution in [3.05, 3.63) is 76.9 Å². The number of carbonyl (C=O) groups is 2. The van der Waals surface area contributed by atoms with E-state index in [1.165, 1.54) is 0 Å². The van der Waals surface area contributed by atoms with E-state index in [9.17, 15) is 9.59 Å². The molecule has 0 unspecified atom stereocenters. The number of para-hydroxylation sites is 1. The van der Waals surface area contributed by atoms with Crippen LogP contribution in [0.4, 0.5) is 4.79 Å². The normalized spacial score (nSPS) is 14.5. The summed E-state index contributed by atoms with van der Waals surface area (Å²) in [5, 5.41) is 7.72. The lowest BCUT2D eigenvalue weighted by molar-refractivity contribution is 0.0203. The molecule has 1 saturated heterocycles. The maximum absolute atomic E-state index is 13.4. The predicted octanol–water partition coefficient (Wildman–Crippen LogP) is 4.93. The molecule has 0 aliphatic carbocycles. The molecule has 2 aromatic heterocycles. The molecular formula is C28H35N5O3. The summed E-state index contributed by atoms with van der Waals surface area (Å²) >= 11 is 0. The van der Waals surface area contributed by atoms with Crippen LogP contribution in [0.5, 0.6) is 0 Å². The zero-order valence-electron chi connectivity index (χ0n) is 21.7. The van der Waals surface area contributed by atoms with Crippen LogP contribution in [-0.4, -0.2) is 50.4 Å². The summed E-state index contributed by atoms with van der Waals surface area (Å²) in [4.78, 5) is 31.8. The number of hydrogen-bond acceptors (Lipinski definition) is 5. The topological polar surface area (TPSA) is 89.4 Å². The van der Waals surface area contributed by atoms with Crippen LogP contribution in [0.15, 0.2) is 48.9 Å². The third-order valence-corrected chi connectivity index (χ3v) is 6.41. The monoisotopic (exact) mass is 489 g/mol. The molecule has 8 nitrogen and oxygen atoms in total. The van der Waals surface area contributed by atoms with Crippen LogP contribution in [0.1, 0.15) is 72.3 Å². The average Bonchev–Trinajstić information content (AvgIpc) is 3.27. The van der Waals surface area contributed by atoms with Gasteiger partial charge in [-0.15, -0.1) is 0 Å². The van der Waals surface area contributed by atoms with Crippen LogP contribution in [0.3, 0.4) is 0 Å². The van der Waals surface area contributed by atoms with Gasteiger partial charge in [-0.1, -0.05) is 24.3 Å². The second kappa shape index (κ2) is 10.5. The lowest BCUT2D eigenvalue weighted by atomic mass is 9.90. The van der Waals surface area contributed by atoms with E-state index in [4.69, 9.17) is 9.84 Å². The molecule has 36 heavy (non-hydrogen) atoms. The minimum absolute atomic E-state index is 0.0735. The molecule has 0 spiro atoms. The Bertz CT molecular complexity index is 1200. The van der Waals surface area contributed by atoms with Gasteiger partial charge < -0.3 is 15.0 Å². The molecule has 1 N–H and O–H groups in total. The highest BCUT2D eigenvalue weighted by molar-refractivity contribution is 5.95. The first kappa shape index (κ1) is 25.4. The zero-order valence-corrected chi connectivity index (χ0v) is 21.7. The Labute approximate surface area is 212 Å². The van der Waals surface area contributed by atoms with E-state index < -0.39 is 5.60 Å². The van der Waals surface area contributed by atoms with Crippen molar-refractivity contribution in [2.45, 2.75) is 65.5 Å². The van der Waals surface area contributed by atoms with Crippen LogP contribution >= 0.6 is 0 Å². The van der Waals surface area contributed by atoms with E-state index in [1.54, 1.807) is 23.5 Å². The molecular weight excluding hydrogens is 454 g/mol. The van der Waals surface area contributed by atoms with E-state index in [0.29, 0.717) is 25.2 Å². The summed E-state index contributed by atoms with van der Waals surface area (Å²) in [5.74, 6) is -0.0924. The van der Waals surface area contributed by atoms with Crippen molar-refractivity contribution in [1.29, 1.82) is 0 Å². The van der Waals surface area contributed by atoms with Gasteiger partial charge in [0.2, 0.25) is 0 Å². The van der Waals surface area contributed by atoms with Gasteiger partial charge in [0.1, 0.15) is 5.60 Å². The third-order valence-electron chi connectivity index (χ3n) is 6.41. The molecule has 3 heterocycles. The van der Waals surface area contributed by atoms with E-state index in [2.05, 4.69) is 36.3 Å². The number of aryl methyl sites for hydroxylation is 2. The van der Waals surface area contributed by atoms with Crippen molar-refractivity contribution in [2.24, 2.45) is 0 Å². The highest BCUT2D eigenvalue weighted by Gasteiger charge is 2.32. The molecule has 0 bridgehead atoms. The van der Waals surface area contributed by atoms with E-state index in [0.717, 1.165) is 40.9 Å². The molecule has 190 valence electrons. The van der Waals surface area contributed by atoms with Gasteiger partial charge in [-0.2, -0.15) is 5.10 Å². The van der Waals surface area contributed by atoms with Gasteiger partial charge in [0, 0.05) is 37.9 Å². The number of pyridine rings is 1. The van der Waals surface area contributed by atoms with Crippen molar-refractivity contribution in [2.75, 3.05) is 13.1 Å². The molecule has 1 aliphatic heterocycles. The Kier molecular flexibility index (Phi) is 7.43. The molecule has 4 rings (SSSR count). The van der Waals surface area contributed by atoms with Gasteiger partial charge in [0.25, 0.3) is 5.91 Å². The number of benzene rings is 1. The Morgan fingerprint density at radius 3 is 2.36 bits per heavy atom. The fourth-order valence-electron chi connectivity index (χ4n) is 4.69. The first-order valence-corrected chi connectivity index (χ1v) is 12.4. The predicted molar refractivity (Wildman–Crippen MR) is 138 cm³/mol. The highest BCUT2D eigenvalue weighted by Crippen LogP contribution is 2.34. The van der Waals surface area contributed by atoms with Crippen molar-refractivity contribution >= 4 is 12.0 Å². The first-order valence-electron chi connectivity index (χ1n) is 12.4. The molecule has 1 aromatic carbocycles. The SMILES string of the molecule is Cc1cccc(C)c1-n1ncc(C(=O)NCc2cccnc2)c1C1CCN(C(=O)OC(C)(C)C)CC1. The molecule has 0 atom stereocenters. The number of likely N-dealkylation sites (tertiary alicyclic amines) is 1. The minimum Gasteiger partial charge on any atom is -0.444 e. The Morgan fingerprint density at radius 2 is 1.75 bits per heavy atom. The fraction of sp³-hybridized carbons (Fsp3) is 0.429. The summed E-state index contributed by atoms with van der Waals surface area (Å²) in [6.07, 6.45) is 6.27. The van der Waals surface area contributed by atoms with Crippen LogP contribution in [0.2, 0.25) is 0 Å². The fourth-order valence-corrected chi connectivity index (χ4v) is 4.69. The number of carbonyl (C=O) groups excluding carboxylic acids is 2. The number of piperidine rings is 1. The lowest BCUT2D eigenvalue weighted by Gasteiger charge is -2.34. The smallest absolute Gasteiger partial charge is 0.410 e. The summed E-state index contributed by atoms with van der Waals surface area (Å²) in [6, 6.07) is 9.92. The van der Waals surface area contributed by atoms with Crippen LogP contribution in [-0.2, 0) is 11.3 Å². The summed E-state index contributed by atoms with van der Waals surface area (Å²) < 4.78 is 7.49. The molecule has 1 aliphatic rings. The number of nitrogens with one attached hydrogen (secondary N) is 1. The number of aromatic nitrogens is 3. The Balaban J connectivity index is 1.61. The van der Waals surface area contributed by atoms with E-state index in [-0.39, 0.29) is 17.9 Å². The molecule has 0 saturated carbocycles. The number of nitrogens with zero attached hydrogens (tertiary/aromatic N) is 4.